The lowest BCUT2D eigenvalue weighted by atomic mass is 9.96. The number of anilines is 1. The molecule has 6 nitrogen and oxygen atoms in total. The zero-order valence-corrected chi connectivity index (χ0v) is 21.2. The first-order valence-corrected chi connectivity index (χ1v) is 12.6. The van der Waals surface area contributed by atoms with Crippen LogP contribution in [-0.4, -0.2) is 42.0 Å². The molecule has 0 unspecified atom stereocenters. The van der Waals surface area contributed by atoms with Crippen LogP contribution in [0.25, 0.3) is 0 Å². The van der Waals surface area contributed by atoms with E-state index in [1.165, 1.54) is 11.1 Å². The van der Waals surface area contributed by atoms with Crippen LogP contribution in [0.2, 0.25) is 0 Å². The van der Waals surface area contributed by atoms with E-state index in [1.807, 2.05) is 18.2 Å². The molecule has 3 aromatic carbocycles. The molecule has 1 aromatic heterocycles. The van der Waals surface area contributed by atoms with E-state index in [9.17, 15) is 10.1 Å². The van der Waals surface area contributed by atoms with Crippen molar-refractivity contribution in [2.24, 2.45) is 0 Å². The van der Waals surface area contributed by atoms with Crippen LogP contribution in [0.5, 0.6) is 0 Å². The fraction of sp³-hybridized carbons (Fsp3) is 0.258. The van der Waals surface area contributed by atoms with E-state index >= 15 is 0 Å². The molecule has 186 valence electrons. The molecule has 2 heterocycles. The van der Waals surface area contributed by atoms with Crippen molar-refractivity contribution in [3.8, 4) is 6.07 Å². The number of carbonyl (C=O) groups excluding carboxylic acids is 1. The molecule has 1 aliphatic rings. The molecule has 4 aromatic rings. The maximum atomic E-state index is 12.8. The van der Waals surface area contributed by atoms with Crippen LogP contribution >= 0.6 is 0 Å². The molecule has 1 fully saturated rings. The minimum atomic E-state index is -0.0469. The molecule has 0 N–H and O–H groups in total. The predicted molar refractivity (Wildman–Crippen MR) is 144 cm³/mol. The van der Waals surface area contributed by atoms with Gasteiger partial charge >= 0.3 is 0 Å². The summed E-state index contributed by atoms with van der Waals surface area (Å²) >= 11 is 0. The van der Waals surface area contributed by atoms with Gasteiger partial charge in [0.25, 0.3) is 0 Å². The Balaban J connectivity index is 1.31. The fourth-order valence-corrected chi connectivity index (χ4v) is 5.32. The third-order valence-corrected chi connectivity index (χ3v) is 7.11. The summed E-state index contributed by atoms with van der Waals surface area (Å²) < 4.78 is 5.15. The number of aryl methyl sites for hydroxylation is 2. The number of hydrogen-bond acceptors (Lipinski definition) is 6. The molecule has 0 radical (unpaired) electrons. The second-order valence-electron chi connectivity index (χ2n) is 9.51. The summed E-state index contributed by atoms with van der Waals surface area (Å²) in [7, 11) is 0. The molecule has 5 rings (SSSR count). The van der Waals surface area contributed by atoms with Crippen molar-refractivity contribution in [1.82, 2.24) is 10.1 Å². The average Bonchev–Trinajstić information content (AvgIpc) is 3.28. The van der Waals surface area contributed by atoms with E-state index in [2.05, 4.69) is 81.7 Å². The van der Waals surface area contributed by atoms with E-state index in [1.54, 1.807) is 13.8 Å². The molecular formula is C31H30N4O2. The first-order valence-electron chi connectivity index (χ1n) is 12.6. The van der Waals surface area contributed by atoms with Gasteiger partial charge in [-0.1, -0.05) is 71.9 Å². The second kappa shape index (κ2) is 10.8. The Hall–Kier alpha value is -4.21. The number of Topliss-reactive ketones (excluding diaryl/α,β-unsaturated/α-hetero) is 1. The Morgan fingerprint density at radius 1 is 0.946 bits per heavy atom. The Morgan fingerprint density at radius 2 is 1.57 bits per heavy atom. The van der Waals surface area contributed by atoms with Crippen molar-refractivity contribution < 1.29 is 9.32 Å². The highest BCUT2D eigenvalue weighted by Gasteiger charge is 2.27. The van der Waals surface area contributed by atoms with E-state index in [-0.39, 0.29) is 18.2 Å². The lowest BCUT2D eigenvalue weighted by Crippen LogP contribution is -2.48. The van der Waals surface area contributed by atoms with Crippen LogP contribution in [0.4, 0.5) is 5.69 Å². The van der Waals surface area contributed by atoms with Crippen LogP contribution in [0.15, 0.2) is 83.4 Å². The second-order valence-corrected chi connectivity index (χ2v) is 9.51. The van der Waals surface area contributed by atoms with Gasteiger partial charge in [0.15, 0.2) is 5.78 Å². The summed E-state index contributed by atoms with van der Waals surface area (Å²) in [6.45, 7) is 6.92. The van der Waals surface area contributed by atoms with Gasteiger partial charge < -0.3 is 9.42 Å². The Kier molecular flexibility index (Phi) is 7.16. The van der Waals surface area contributed by atoms with Crippen molar-refractivity contribution in [3.63, 3.8) is 0 Å². The van der Waals surface area contributed by atoms with Crippen LogP contribution in [0, 0.1) is 25.2 Å². The van der Waals surface area contributed by atoms with Gasteiger partial charge in [-0.3, -0.25) is 9.69 Å². The number of nitriles is 1. The van der Waals surface area contributed by atoms with Gasteiger partial charge in [-0.15, -0.1) is 0 Å². The number of aromatic nitrogens is 1. The molecule has 37 heavy (non-hydrogen) atoms. The zero-order chi connectivity index (χ0) is 25.8. The van der Waals surface area contributed by atoms with Crippen molar-refractivity contribution in [2.45, 2.75) is 26.3 Å². The minimum Gasteiger partial charge on any atom is -0.368 e. The highest BCUT2D eigenvalue weighted by Crippen LogP contribution is 2.31. The molecular weight excluding hydrogens is 460 g/mol. The van der Waals surface area contributed by atoms with E-state index in [0.29, 0.717) is 22.6 Å². The summed E-state index contributed by atoms with van der Waals surface area (Å²) in [5.74, 6) is 0.483. The summed E-state index contributed by atoms with van der Waals surface area (Å²) in [6.07, 6.45) is 0.210. The quantitative estimate of drug-likeness (QED) is 0.319. The Labute approximate surface area is 217 Å². The fourth-order valence-electron chi connectivity index (χ4n) is 5.32. The number of rotatable bonds is 7. The molecule has 0 atom stereocenters. The summed E-state index contributed by atoms with van der Waals surface area (Å²) in [5.41, 5.74) is 6.04. The minimum absolute atomic E-state index is 0.0469. The van der Waals surface area contributed by atoms with Crippen molar-refractivity contribution in [3.05, 3.63) is 118 Å². The summed E-state index contributed by atoms with van der Waals surface area (Å²) in [6, 6.07) is 29.6. The molecule has 1 saturated heterocycles. The zero-order valence-electron chi connectivity index (χ0n) is 21.2. The van der Waals surface area contributed by atoms with Crippen molar-refractivity contribution >= 4 is 11.5 Å². The van der Waals surface area contributed by atoms with Gasteiger partial charge in [0.05, 0.1) is 28.6 Å². The van der Waals surface area contributed by atoms with Crippen LogP contribution in [0.1, 0.15) is 50.1 Å². The van der Waals surface area contributed by atoms with Gasteiger partial charge in [0.1, 0.15) is 11.8 Å². The van der Waals surface area contributed by atoms with E-state index in [0.717, 1.165) is 37.4 Å². The topological polar surface area (TPSA) is 73.4 Å². The lowest BCUT2D eigenvalue weighted by molar-refractivity contribution is 0.0991. The number of piperazine rings is 1. The lowest BCUT2D eigenvalue weighted by Gasteiger charge is -2.41. The monoisotopic (exact) mass is 490 g/mol. The first kappa shape index (κ1) is 24.5. The maximum Gasteiger partial charge on any atom is 0.172 e. The highest BCUT2D eigenvalue weighted by atomic mass is 16.5. The largest absolute Gasteiger partial charge is 0.368 e. The smallest absolute Gasteiger partial charge is 0.172 e. The molecule has 1 aliphatic heterocycles. The number of benzene rings is 3. The Bertz CT molecular complexity index is 1360. The molecule has 0 amide bonds. The van der Waals surface area contributed by atoms with Crippen LogP contribution < -0.4 is 4.90 Å². The normalized spacial score (nSPS) is 14.1. The van der Waals surface area contributed by atoms with Crippen LogP contribution in [0.3, 0.4) is 0 Å². The molecule has 6 heteroatoms. The molecule has 0 spiro atoms. The van der Waals surface area contributed by atoms with Crippen LogP contribution in [-0.2, 0) is 6.42 Å². The summed E-state index contributed by atoms with van der Waals surface area (Å²) in [4.78, 5) is 17.6. The molecule has 0 aliphatic carbocycles. The van der Waals surface area contributed by atoms with Crippen molar-refractivity contribution in [2.75, 3.05) is 31.1 Å². The molecule has 0 saturated carbocycles. The standard InChI is InChI=1S/C31H30N4O2/c1-22-30(23(2)37-33-22)29(36)20-24-13-14-28(27(19-24)21-32)34-15-17-35(18-16-34)31(25-9-5-3-6-10-25)26-11-7-4-8-12-26/h3-14,19,31H,15-18,20H2,1-2H3. The number of nitrogens with zero attached hydrogens (tertiary/aromatic N) is 4. The molecule has 0 bridgehead atoms. The highest BCUT2D eigenvalue weighted by molar-refractivity contribution is 5.99. The first-order chi connectivity index (χ1) is 18.0. The number of hydrogen-bond donors (Lipinski definition) is 0. The predicted octanol–water partition coefficient (Wildman–Crippen LogP) is 5.50. The SMILES string of the molecule is Cc1noc(C)c1C(=O)Cc1ccc(N2CCN(C(c3ccccc3)c3ccccc3)CC2)c(C#N)c1. The third kappa shape index (κ3) is 5.18. The van der Waals surface area contributed by atoms with E-state index < -0.39 is 0 Å². The van der Waals surface area contributed by atoms with Gasteiger partial charge in [0, 0.05) is 32.6 Å². The maximum absolute atomic E-state index is 12.8. The van der Waals surface area contributed by atoms with Crippen molar-refractivity contribution in [1.29, 1.82) is 5.26 Å². The summed E-state index contributed by atoms with van der Waals surface area (Å²) in [5, 5.41) is 13.8. The van der Waals surface area contributed by atoms with Gasteiger partial charge in [0.2, 0.25) is 0 Å². The Morgan fingerprint density at radius 3 is 2.11 bits per heavy atom. The van der Waals surface area contributed by atoms with Gasteiger partial charge in [-0.25, -0.2) is 0 Å². The number of carbonyl (C=O) groups is 1. The van der Waals surface area contributed by atoms with Gasteiger partial charge in [-0.2, -0.15) is 5.26 Å². The third-order valence-electron chi connectivity index (χ3n) is 7.11. The average molecular weight is 491 g/mol. The van der Waals surface area contributed by atoms with E-state index in [4.69, 9.17) is 4.52 Å². The number of ketones is 1. The van der Waals surface area contributed by atoms with Gasteiger partial charge in [-0.05, 0) is 42.7 Å².